The van der Waals surface area contributed by atoms with Gasteiger partial charge in [0.2, 0.25) is 10.9 Å². The molecule has 2 aromatic heterocycles. The standard InChI is InChI=1S/C12H8ClN5O2S2/c13-7-1-3-8(4-2-7)15-9(19)6-21-12-17-18-10(20)5-14-16-11(18)22-12/h1-5H,6H2,(H,15,19). The molecule has 2 heterocycles. The van der Waals surface area contributed by atoms with Gasteiger partial charge >= 0.3 is 0 Å². The van der Waals surface area contributed by atoms with Crippen LogP contribution in [0.1, 0.15) is 0 Å². The number of halogens is 1. The molecule has 22 heavy (non-hydrogen) atoms. The largest absolute Gasteiger partial charge is 0.325 e. The number of carbonyl (C=O) groups is 1. The molecule has 0 spiro atoms. The first-order valence-corrected chi connectivity index (χ1v) is 8.19. The highest BCUT2D eigenvalue weighted by atomic mass is 35.5. The van der Waals surface area contributed by atoms with Crippen molar-refractivity contribution in [1.29, 1.82) is 0 Å². The molecule has 0 aliphatic carbocycles. The number of benzene rings is 1. The first kappa shape index (κ1) is 14.9. The fourth-order valence-corrected chi connectivity index (χ4v) is 3.38. The second-order valence-corrected chi connectivity index (χ2v) is 6.70. The maximum atomic E-state index is 11.9. The summed E-state index contributed by atoms with van der Waals surface area (Å²) in [6.45, 7) is 0. The zero-order chi connectivity index (χ0) is 15.5. The molecule has 1 N–H and O–H groups in total. The number of nitrogens with zero attached hydrogens (tertiary/aromatic N) is 4. The summed E-state index contributed by atoms with van der Waals surface area (Å²) < 4.78 is 1.74. The highest BCUT2D eigenvalue weighted by Gasteiger charge is 2.10. The zero-order valence-corrected chi connectivity index (χ0v) is 13.3. The molecule has 1 aromatic carbocycles. The quantitative estimate of drug-likeness (QED) is 0.721. The predicted molar refractivity (Wildman–Crippen MR) is 85.7 cm³/mol. The van der Waals surface area contributed by atoms with Crippen molar-refractivity contribution < 1.29 is 4.79 Å². The minimum atomic E-state index is -0.348. The number of aromatic nitrogens is 4. The zero-order valence-electron chi connectivity index (χ0n) is 10.9. The van der Waals surface area contributed by atoms with Gasteiger partial charge in [-0.15, -0.1) is 10.2 Å². The molecule has 3 aromatic rings. The van der Waals surface area contributed by atoms with Crippen LogP contribution in [-0.4, -0.2) is 31.5 Å². The predicted octanol–water partition coefficient (Wildman–Crippen LogP) is 1.93. The maximum absolute atomic E-state index is 11.9. The Morgan fingerprint density at radius 3 is 2.86 bits per heavy atom. The SMILES string of the molecule is O=C(CSc1nn2c(=O)cnnc2s1)Nc1ccc(Cl)cc1. The van der Waals surface area contributed by atoms with Crippen LogP contribution in [0.5, 0.6) is 0 Å². The molecule has 1 amide bonds. The van der Waals surface area contributed by atoms with E-state index in [1.54, 1.807) is 24.3 Å². The number of thioether (sulfide) groups is 1. The molecular formula is C12H8ClN5O2S2. The smallest absolute Gasteiger partial charge is 0.293 e. The fourth-order valence-electron chi connectivity index (χ4n) is 1.57. The van der Waals surface area contributed by atoms with Crippen LogP contribution in [0, 0.1) is 0 Å². The van der Waals surface area contributed by atoms with E-state index in [1.807, 2.05) is 0 Å². The molecule has 0 atom stereocenters. The van der Waals surface area contributed by atoms with Crippen molar-refractivity contribution in [1.82, 2.24) is 19.8 Å². The number of hydrogen-bond donors (Lipinski definition) is 1. The van der Waals surface area contributed by atoms with Crippen molar-refractivity contribution in [2.24, 2.45) is 0 Å². The van der Waals surface area contributed by atoms with Crippen LogP contribution in [0.3, 0.4) is 0 Å². The Hall–Kier alpha value is -1.97. The second-order valence-electron chi connectivity index (χ2n) is 4.09. The van der Waals surface area contributed by atoms with Crippen LogP contribution < -0.4 is 10.9 Å². The summed E-state index contributed by atoms with van der Waals surface area (Å²) in [5.41, 5.74) is 0.320. The Balaban J connectivity index is 1.63. The van der Waals surface area contributed by atoms with Crippen molar-refractivity contribution in [2.45, 2.75) is 4.34 Å². The van der Waals surface area contributed by atoms with Gasteiger partial charge < -0.3 is 5.32 Å². The van der Waals surface area contributed by atoms with E-state index in [9.17, 15) is 9.59 Å². The molecule has 0 saturated carbocycles. The van der Waals surface area contributed by atoms with E-state index in [1.165, 1.54) is 23.1 Å². The van der Waals surface area contributed by atoms with E-state index < -0.39 is 0 Å². The minimum absolute atomic E-state index is 0.171. The Morgan fingerprint density at radius 2 is 2.14 bits per heavy atom. The van der Waals surface area contributed by atoms with Crippen LogP contribution in [0.2, 0.25) is 5.02 Å². The van der Waals surface area contributed by atoms with E-state index in [0.717, 1.165) is 10.7 Å². The first-order valence-electron chi connectivity index (χ1n) is 6.01. The summed E-state index contributed by atoms with van der Waals surface area (Å²) in [5, 5.41) is 14.8. The van der Waals surface area contributed by atoms with Gasteiger partial charge in [0.05, 0.1) is 5.75 Å². The van der Waals surface area contributed by atoms with Gasteiger partial charge in [-0.1, -0.05) is 34.7 Å². The monoisotopic (exact) mass is 353 g/mol. The minimum Gasteiger partial charge on any atom is -0.325 e. The molecule has 3 rings (SSSR count). The molecular weight excluding hydrogens is 346 g/mol. The van der Waals surface area contributed by atoms with Crippen molar-refractivity contribution in [3.05, 3.63) is 45.8 Å². The van der Waals surface area contributed by atoms with Gasteiger partial charge in [0, 0.05) is 10.7 Å². The number of nitrogens with one attached hydrogen (secondary N) is 1. The summed E-state index contributed by atoms with van der Waals surface area (Å²) in [5.74, 6) is -0.00466. The molecule has 0 saturated heterocycles. The van der Waals surface area contributed by atoms with Gasteiger partial charge in [-0.05, 0) is 24.3 Å². The third-order valence-electron chi connectivity index (χ3n) is 2.52. The van der Waals surface area contributed by atoms with Gasteiger partial charge in [-0.3, -0.25) is 9.59 Å². The summed E-state index contributed by atoms with van der Waals surface area (Å²) >= 11 is 8.21. The lowest BCUT2D eigenvalue weighted by Gasteiger charge is -2.03. The number of hydrogen-bond acceptors (Lipinski definition) is 7. The van der Waals surface area contributed by atoms with Crippen LogP contribution in [0.15, 0.2) is 39.6 Å². The van der Waals surface area contributed by atoms with E-state index in [0.29, 0.717) is 20.0 Å². The second kappa shape index (κ2) is 6.42. The Bertz CT molecular complexity index is 877. The van der Waals surface area contributed by atoms with Gasteiger partial charge in [-0.25, -0.2) is 0 Å². The maximum Gasteiger partial charge on any atom is 0.293 e. The van der Waals surface area contributed by atoms with Crippen molar-refractivity contribution >= 4 is 51.3 Å². The molecule has 0 aliphatic rings. The normalized spacial score (nSPS) is 10.8. The van der Waals surface area contributed by atoms with E-state index in [-0.39, 0.29) is 17.2 Å². The van der Waals surface area contributed by atoms with Crippen LogP contribution in [0.4, 0.5) is 5.69 Å². The number of fused-ring (bicyclic) bond motifs is 1. The molecule has 0 aliphatic heterocycles. The number of rotatable bonds is 4. The molecule has 0 fully saturated rings. The first-order chi connectivity index (χ1) is 10.6. The van der Waals surface area contributed by atoms with E-state index in [2.05, 4.69) is 20.6 Å². The van der Waals surface area contributed by atoms with E-state index >= 15 is 0 Å². The summed E-state index contributed by atoms with van der Waals surface area (Å²) in [7, 11) is 0. The Kier molecular flexibility index (Phi) is 4.36. The third-order valence-corrected chi connectivity index (χ3v) is 4.80. The molecule has 10 heteroatoms. The number of amides is 1. The molecule has 7 nitrogen and oxygen atoms in total. The fraction of sp³-hybridized carbons (Fsp3) is 0.0833. The van der Waals surface area contributed by atoms with E-state index in [4.69, 9.17) is 11.6 Å². The Morgan fingerprint density at radius 1 is 1.36 bits per heavy atom. The highest BCUT2D eigenvalue weighted by Crippen LogP contribution is 2.23. The summed E-state index contributed by atoms with van der Waals surface area (Å²) in [6.07, 6.45) is 1.09. The average Bonchev–Trinajstić information content (AvgIpc) is 2.92. The lowest BCUT2D eigenvalue weighted by molar-refractivity contribution is -0.113. The molecule has 112 valence electrons. The lowest BCUT2D eigenvalue weighted by atomic mass is 10.3. The lowest BCUT2D eigenvalue weighted by Crippen LogP contribution is -2.15. The summed E-state index contributed by atoms with van der Waals surface area (Å²) in [6, 6.07) is 6.83. The average molecular weight is 354 g/mol. The third kappa shape index (κ3) is 3.43. The van der Waals surface area contributed by atoms with Gasteiger partial charge in [0.25, 0.3) is 5.56 Å². The van der Waals surface area contributed by atoms with Crippen molar-refractivity contribution in [3.63, 3.8) is 0 Å². The number of anilines is 1. The van der Waals surface area contributed by atoms with Crippen molar-refractivity contribution in [2.75, 3.05) is 11.1 Å². The molecule has 0 bridgehead atoms. The summed E-state index contributed by atoms with van der Waals surface area (Å²) in [4.78, 5) is 23.8. The van der Waals surface area contributed by atoms with Crippen LogP contribution in [-0.2, 0) is 4.79 Å². The van der Waals surface area contributed by atoms with Crippen LogP contribution >= 0.6 is 34.7 Å². The molecule has 0 radical (unpaired) electrons. The molecule has 0 unspecified atom stereocenters. The Labute approximate surface area is 137 Å². The van der Waals surface area contributed by atoms with Crippen LogP contribution in [0.25, 0.3) is 4.96 Å². The van der Waals surface area contributed by atoms with Gasteiger partial charge in [0.1, 0.15) is 6.20 Å². The van der Waals surface area contributed by atoms with Crippen molar-refractivity contribution in [3.8, 4) is 0 Å². The van der Waals surface area contributed by atoms with Gasteiger partial charge in [-0.2, -0.15) is 9.61 Å². The highest BCUT2D eigenvalue weighted by molar-refractivity contribution is 8.01. The number of carbonyl (C=O) groups excluding carboxylic acids is 1. The van der Waals surface area contributed by atoms with Gasteiger partial charge in [0.15, 0.2) is 4.34 Å². The topological polar surface area (TPSA) is 89.3 Å².